The number of carbonyl (C=O) groups is 2. The average Bonchev–Trinajstić information content (AvgIpc) is 3.24. The first-order valence-corrected chi connectivity index (χ1v) is 9.69. The van der Waals surface area contributed by atoms with Crippen molar-refractivity contribution in [3.63, 3.8) is 0 Å². The van der Waals surface area contributed by atoms with Crippen molar-refractivity contribution in [3.8, 4) is 11.5 Å². The van der Waals surface area contributed by atoms with Crippen molar-refractivity contribution < 1.29 is 19.4 Å². The van der Waals surface area contributed by atoms with Crippen LogP contribution < -0.4 is 4.74 Å². The van der Waals surface area contributed by atoms with Gasteiger partial charge in [0, 0.05) is 24.7 Å². The number of nitrogens with zero attached hydrogens (tertiary/aromatic N) is 2. The second-order valence-electron chi connectivity index (χ2n) is 7.35. The lowest BCUT2D eigenvalue weighted by atomic mass is 10.1. The van der Waals surface area contributed by atoms with Crippen LogP contribution in [0.15, 0.2) is 29.8 Å². The zero-order chi connectivity index (χ0) is 19.6. The zero-order valence-electron chi connectivity index (χ0n) is 16.3. The summed E-state index contributed by atoms with van der Waals surface area (Å²) in [7, 11) is 0. The molecule has 6 heteroatoms. The first-order chi connectivity index (χ1) is 12.9. The molecule has 2 fully saturated rings. The SMILES string of the molecule is CCC/C(C)=C/C(=O)N1C[C@@H]2C[C@H]1CN2C(=O)c1ccc(OCC)c(O)c1. The summed E-state index contributed by atoms with van der Waals surface area (Å²) in [5.74, 6) is 0.299. The third-order valence-corrected chi connectivity index (χ3v) is 5.30. The fourth-order valence-electron chi connectivity index (χ4n) is 4.04. The molecule has 2 saturated heterocycles. The molecular weight excluding hydrogens is 344 g/mol. The van der Waals surface area contributed by atoms with E-state index in [4.69, 9.17) is 4.74 Å². The number of amides is 2. The Morgan fingerprint density at radius 3 is 2.52 bits per heavy atom. The maximum atomic E-state index is 12.9. The Hall–Kier alpha value is -2.50. The van der Waals surface area contributed by atoms with E-state index in [9.17, 15) is 14.7 Å². The van der Waals surface area contributed by atoms with Crippen LogP contribution >= 0.6 is 0 Å². The number of fused-ring (bicyclic) bond motifs is 2. The van der Waals surface area contributed by atoms with Crippen LogP contribution in [0.3, 0.4) is 0 Å². The normalized spacial score (nSPS) is 21.7. The third kappa shape index (κ3) is 3.94. The molecule has 2 aliphatic rings. The van der Waals surface area contributed by atoms with Crippen LogP contribution in [0.5, 0.6) is 11.5 Å². The molecule has 0 unspecified atom stereocenters. The van der Waals surface area contributed by atoms with E-state index in [1.165, 1.54) is 6.07 Å². The Bertz CT molecular complexity index is 759. The van der Waals surface area contributed by atoms with Gasteiger partial charge in [0.25, 0.3) is 5.91 Å². The molecule has 0 saturated carbocycles. The number of phenols is 1. The molecule has 27 heavy (non-hydrogen) atoms. The molecule has 2 heterocycles. The van der Waals surface area contributed by atoms with Crippen LogP contribution in [0.1, 0.15) is 50.4 Å². The van der Waals surface area contributed by atoms with Gasteiger partial charge in [-0.1, -0.05) is 18.9 Å². The van der Waals surface area contributed by atoms with E-state index < -0.39 is 0 Å². The molecule has 0 radical (unpaired) electrons. The summed E-state index contributed by atoms with van der Waals surface area (Å²) in [5, 5.41) is 10.0. The Kier molecular flexibility index (Phi) is 5.73. The number of ether oxygens (including phenoxy) is 1. The van der Waals surface area contributed by atoms with Gasteiger partial charge < -0.3 is 19.6 Å². The molecule has 2 aliphatic heterocycles. The molecule has 1 N–H and O–H groups in total. The summed E-state index contributed by atoms with van der Waals surface area (Å²) in [4.78, 5) is 29.1. The quantitative estimate of drug-likeness (QED) is 0.780. The highest BCUT2D eigenvalue weighted by Crippen LogP contribution is 2.34. The lowest BCUT2D eigenvalue weighted by Gasteiger charge is -2.34. The number of phenolic OH excluding ortho intramolecular Hbond substituents is 1. The molecule has 2 bridgehead atoms. The van der Waals surface area contributed by atoms with Gasteiger partial charge in [0.05, 0.1) is 18.7 Å². The second-order valence-corrected chi connectivity index (χ2v) is 7.35. The van der Waals surface area contributed by atoms with Crippen molar-refractivity contribution in [1.82, 2.24) is 9.80 Å². The maximum absolute atomic E-state index is 12.9. The van der Waals surface area contributed by atoms with Crippen molar-refractivity contribution in [2.45, 2.75) is 52.1 Å². The molecule has 0 aliphatic carbocycles. The fourth-order valence-corrected chi connectivity index (χ4v) is 4.04. The number of hydrogen-bond acceptors (Lipinski definition) is 4. The van der Waals surface area contributed by atoms with E-state index in [2.05, 4.69) is 6.92 Å². The van der Waals surface area contributed by atoms with Crippen LogP contribution in [0, 0.1) is 0 Å². The number of hydrogen-bond donors (Lipinski definition) is 1. The van der Waals surface area contributed by atoms with Crippen LogP contribution in [0.25, 0.3) is 0 Å². The Labute approximate surface area is 160 Å². The molecule has 0 aromatic heterocycles. The Morgan fingerprint density at radius 1 is 1.22 bits per heavy atom. The number of aromatic hydroxyl groups is 1. The van der Waals surface area contributed by atoms with Gasteiger partial charge in [0.2, 0.25) is 5.91 Å². The Balaban J connectivity index is 1.65. The number of piperazine rings is 1. The fraction of sp³-hybridized carbons (Fsp3) is 0.524. The lowest BCUT2D eigenvalue weighted by molar-refractivity contribution is -0.128. The first-order valence-electron chi connectivity index (χ1n) is 9.69. The third-order valence-electron chi connectivity index (χ3n) is 5.30. The van der Waals surface area contributed by atoms with E-state index in [0.29, 0.717) is 31.0 Å². The van der Waals surface area contributed by atoms with Crippen molar-refractivity contribution >= 4 is 11.8 Å². The summed E-state index contributed by atoms with van der Waals surface area (Å²) < 4.78 is 5.31. The molecule has 2 atom stereocenters. The molecule has 146 valence electrons. The van der Waals surface area contributed by atoms with E-state index in [1.54, 1.807) is 18.2 Å². The van der Waals surface area contributed by atoms with Crippen molar-refractivity contribution in [2.24, 2.45) is 0 Å². The van der Waals surface area contributed by atoms with Gasteiger partial charge in [0.1, 0.15) is 0 Å². The number of rotatable bonds is 6. The van der Waals surface area contributed by atoms with Gasteiger partial charge in [-0.3, -0.25) is 9.59 Å². The summed E-state index contributed by atoms with van der Waals surface area (Å²) >= 11 is 0. The van der Waals surface area contributed by atoms with Gasteiger partial charge >= 0.3 is 0 Å². The smallest absolute Gasteiger partial charge is 0.254 e. The largest absolute Gasteiger partial charge is 0.504 e. The summed E-state index contributed by atoms with van der Waals surface area (Å²) in [6.45, 7) is 7.50. The van der Waals surface area contributed by atoms with Crippen LogP contribution in [-0.4, -0.2) is 58.5 Å². The molecule has 3 rings (SSSR count). The van der Waals surface area contributed by atoms with Gasteiger partial charge in [-0.25, -0.2) is 0 Å². The molecule has 0 spiro atoms. The molecule has 1 aromatic rings. The van der Waals surface area contributed by atoms with Crippen molar-refractivity contribution in [3.05, 3.63) is 35.4 Å². The van der Waals surface area contributed by atoms with Gasteiger partial charge in [0.15, 0.2) is 11.5 Å². The van der Waals surface area contributed by atoms with E-state index in [-0.39, 0.29) is 29.6 Å². The summed E-state index contributed by atoms with van der Waals surface area (Å²) in [6, 6.07) is 4.88. The van der Waals surface area contributed by atoms with Gasteiger partial charge in [-0.15, -0.1) is 0 Å². The van der Waals surface area contributed by atoms with Gasteiger partial charge in [-0.2, -0.15) is 0 Å². The number of likely N-dealkylation sites (tertiary alicyclic amines) is 2. The standard InChI is InChI=1S/C21H28N2O4/c1-4-6-14(3)9-20(25)22-12-17-11-16(22)13-23(17)21(26)15-7-8-19(27-5-2)18(24)10-15/h7-10,16-17,24H,4-6,11-13H2,1-3H3/b14-9+/t16-,17-/m0/s1. The van der Waals surface area contributed by atoms with Crippen LogP contribution in [-0.2, 0) is 4.79 Å². The second kappa shape index (κ2) is 8.03. The van der Waals surface area contributed by atoms with Crippen molar-refractivity contribution in [1.29, 1.82) is 0 Å². The molecule has 2 amide bonds. The molecule has 1 aromatic carbocycles. The van der Waals surface area contributed by atoms with E-state index >= 15 is 0 Å². The maximum Gasteiger partial charge on any atom is 0.254 e. The predicted molar refractivity (Wildman–Crippen MR) is 103 cm³/mol. The summed E-state index contributed by atoms with van der Waals surface area (Å²) in [5.41, 5.74) is 1.54. The molecule has 6 nitrogen and oxygen atoms in total. The monoisotopic (exact) mass is 372 g/mol. The minimum atomic E-state index is -0.106. The van der Waals surface area contributed by atoms with Gasteiger partial charge in [-0.05, 0) is 44.9 Å². The van der Waals surface area contributed by atoms with Crippen LogP contribution in [0.4, 0.5) is 0 Å². The highest BCUT2D eigenvalue weighted by Gasteiger charge is 2.46. The lowest BCUT2D eigenvalue weighted by Crippen LogP contribution is -2.50. The molecular formula is C21H28N2O4. The zero-order valence-corrected chi connectivity index (χ0v) is 16.3. The number of allylic oxidation sites excluding steroid dienone is 1. The first kappa shape index (κ1) is 19.3. The summed E-state index contributed by atoms with van der Waals surface area (Å²) in [6.07, 6.45) is 4.51. The minimum absolute atomic E-state index is 0.0274. The number of carbonyl (C=O) groups excluding carboxylic acids is 2. The Morgan fingerprint density at radius 2 is 1.93 bits per heavy atom. The van der Waals surface area contributed by atoms with Crippen molar-refractivity contribution in [2.75, 3.05) is 19.7 Å². The topological polar surface area (TPSA) is 70.1 Å². The predicted octanol–water partition coefficient (Wildman–Crippen LogP) is 2.96. The number of benzene rings is 1. The highest BCUT2D eigenvalue weighted by atomic mass is 16.5. The van der Waals surface area contributed by atoms with E-state index in [0.717, 1.165) is 24.8 Å². The average molecular weight is 372 g/mol. The minimum Gasteiger partial charge on any atom is -0.504 e. The van der Waals surface area contributed by atoms with Crippen LogP contribution in [0.2, 0.25) is 0 Å². The van der Waals surface area contributed by atoms with E-state index in [1.807, 2.05) is 23.6 Å². The highest BCUT2D eigenvalue weighted by molar-refractivity contribution is 5.96.